The first-order valence-electron chi connectivity index (χ1n) is 12.1. The normalized spacial score (nSPS) is 19.9. The van der Waals surface area contributed by atoms with Gasteiger partial charge >= 0.3 is 12.1 Å². The number of nitrogens with one attached hydrogen (secondary N) is 1. The number of nitrogens with zero attached hydrogens (tertiary/aromatic N) is 3. The Morgan fingerprint density at radius 2 is 1.76 bits per heavy atom. The van der Waals surface area contributed by atoms with Crippen molar-refractivity contribution >= 4 is 23.5 Å². The Morgan fingerprint density at radius 1 is 1.05 bits per heavy atom. The van der Waals surface area contributed by atoms with E-state index in [1.807, 2.05) is 9.80 Å². The van der Waals surface area contributed by atoms with Crippen LogP contribution in [0.15, 0.2) is 47.5 Å². The first-order valence-corrected chi connectivity index (χ1v) is 12.1. The van der Waals surface area contributed by atoms with Gasteiger partial charge in [0.25, 0.3) is 0 Å². The van der Waals surface area contributed by atoms with Gasteiger partial charge in [0.2, 0.25) is 11.9 Å². The Labute approximate surface area is 218 Å². The predicted octanol–water partition coefficient (Wildman–Crippen LogP) is 3.25. The molecule has 0 aromatic heterocycles. The lowest BCUT2D eigenvalue weighted by atomic mass is 9.90. The summed E-state index contributed by atoms with van der Waals surface area (Å²) in [6.07, 6.45) is -4.42. The molecule has 2 aliphatic rings. The van der Waals surface area contributed by atoms with Gasteiger partial charge in [0.05, 0.1) is 26.4 Å². The summed E-state index contributed by atoms with van der Waals surface area (Å²) in [4.78, 5) is 34.4. The molecule has 0 saturated carbocycles. The van der Waals surface area contributed by atoms with E-state index < -0.39 is 35.6 Å². The topological polar surface area (TPSA) is 92.7 Å². The summed E-state index contributed by atoms with van der Waals surface area (Å²) < 4.78 is 55.4. The average molecular weight is 535 g/mol. The molecule has 0 spiro atoms. The van der Waals surface area contributed by atoms with Crippen molar-refractivity contribution in [1.29, 1.82) is 0 Å². The van der Waals surface area contributed by atoms with E-state index in [1.165, 1.54) is 20.3 Å². The van der Waals surface area contributed by atoms with E-state index in [1.54, 1.807) is 31.2 Å². The van der Waals surface area contributed by atoms with Crippen LogP contribution in [0.2, 0.25) is 0 Å². The summed E-state index contributed by atoms with van der Waals surface area (Å²) in [5, 5.41) is 2.72. The van der Waals surface area contributed by atoms with Crippen LogP contribution in [0.5, 0.6) is 11.5 Å². The van der Waals surface area contributed by atoms with E-state index >= 15 is 0 Å². The van der Waals surface area contributed by atoms with Crippen molar-refractivity contribution in [3.8, 4) is 11.5 Å². The highest BCUT2D eigenvalue weighted by atomic mass is 19.4. The molecule has 0 unspecified atom stereocenters. The molecule has 2 atom stereocenters. The zero-order valence-electron chi connectivity index (χ0n) is 21.2. The van der Waals surface area contributed by atoms with Gasteiger partial charge in [-0.1, -0.05) is 6.07 Å². The third-order valence-corrected chi connectivity index (χ3v) is 6.51. The maximum Gasteiger partial charge on any atom is 0.416 e. The van der Waals surface area contributed by atoms with Crippen molar-refractivity contribution in [2.45, 2.75) is 19.1 Å². The Balaban J connectivity index is 1.60. The molecule has 1 amide bonds. The van der Waals surface area contributed by atoms with Crippen LogP contribution in [0.3, 0.4) is 0 Å². The molecule has 2 aromatic carbocycles. The van der Waals surface area contributed by atoms with E-state index in [2.05, 4.69) is 5.32 Å². The summed E-state index contributed by atoms with van der Waals surface area (Å²) in [5.41, 5.74) is 0.279. The fraction of sp³-hybridized carbons (Fsp3) is 0.423. The second-order valence-electron chi connectivity index (χ2n) is 8.75. The standard InChI is InChI=1S/C26H29F3N4O5/c1-4-38-24(35)21-22(19-9-8-18(36-2)15-20(19)37-3)30-25(31-23(21)34)33-12-10-32(11-13-33)17-7-5-6-16(14-17)26(27,28)29/h5-9,14-15,21-22H,4,10-13H2,1-3H3,(H,30,31,34)/t21-,22-/m1/s1. The molecule has 9 nitrogen and oxygen atoms in total. The molecule has 38 heavy (non-hydrogen) atoms. The van der Waals surface area contributed by atoms with E-state index in [9.17, 15) is 22.8 Å². The number of carbonyl (C=O) groups is 2. The molecule has 2 aromatic rings. The first-order chi connectivity index (χ1) is 18.2. The van der Waals surface area contributed by atoms with Gasteiger partial charge in [0, 0.05) is 43.5 Å². The van der Waals surface area contributed by atoms with E-state index in [0.29, 0.717) is 48.9 Å². The Morgan fingerprint density at radius 3 is 2.39 bits per heavy atom. The quantitative estimate of drug-likeness (QED) is 0.449. The number of amides is 1. The van der Waals surface area contributed by atoms with E-state index in [0.717, 1.165) is 12.1 Å². The van der Waals surface area contributed by atoms with Gasteiger partial charge in [-0.05, 0) is 37.3 Å². The fourth-order valence-electron chi connectivity index (χ4n) is 4.57. The number of guanidine groups is 1. The van der Waals surface area contributed by atoms with Crippen molar-refractivity contribution in [2.24, 2.45) is 10.9 Å². The van der Waals surface area contributed by atoms with Crippen molar-refractivity contribution in [3.63, 3.8) is 0 Å². The summed E-state index contributed by atoms with van der Waals surface area (Å²) >= 11 is 0. The Hall–Kier alpha value is -3.96. The molecule has 0 aliphatic carbocycles. The van der Waals surface area contributed by atoms with Gasteiger partial charge in [0.1, 0.15) is 17.5 Å². The number of halogens is 3. The van der Waals surface area contributed by atoms with Gasteiger partial charge in [-0.25, -0.2) is 4.99 Å². The predicted molar refractivity (Wildman–Crippen MR) is 133 cm³/mol. The van der Waals surface area contributed by atoms with Crippen LogP contribution >= 0.6 is 0 Å². The van der Waals surface area contributed by atoms with Crippen LogP contribution < -0.4 is 19.7 Å². The number of methoxy groups -OCH3 is 2. The molecule has 1 saturated heterocycles. The first kappa shape index (κ1) is 27.1. The number of anilines is 1. The number of aliphatic imine (C=N–C) groups is 1. The number of alkyl halides is 3. The molecule has 4 rings (SSSR count). The zero-order chi connectivity index (χ0) is 27.4. The van der Waals surface area contributed by atoms with Gasteiger partial charge in [0.15, 0.2) is 5.92 Å². The average Bonchev–Trinajstić information content (AvgIpc) is 2.92. The molecule has 2 aliphatic heterocycles. The van der Waals surface area contributed by atoms with Crippen molar-refractivity contribution in [1.82, 2.24) is 10.2 Å². The minimum absolute atomic E-state index is 0.100. The number of ether oxygens (including phenoxy) is 3. The van der Waals surface area contributed by atoms with Crippen LogP contribution in [-0.2, 0) is 20.5 Å². The third-order valence-electron chi connectivity index (χ3n) is 6.51. The number of esters is 1. The second-order valence-corrected chi connectivity index (χ2v) is 8.75. The van der Waals surface area contributed by atoms with Crippen LogP contribution in [0.4, 0.5) is 18.9 Å². The summed E-state index contributed by atoms with van der Waals surface area (Å²) in [5.74, 6) is -1.28. The molecule has 1 N–H and O–H groups in total. The molecule has 0 bridgehead atoms. The van der Waals surface area contributed by atoms with Gasteiger partial charge in [-0.15, -0.1) is 0 Å². The lowest BCUT2D eigenvalue weighted by Gasteiger charge is -2.40. The third kappa shape index (κ3) is 5.63. The van der Waals surface area contributed by atoms with Gasteiger partial charge in [-0.3, -0.25) is 14.9 Å². The number of hydrogen-bond acceptors (Lipinski definition) is 8. The molecular weight excluding hydrogens is 505 g/mol. The molecule has 0 radical (unpaired) electrons. The number of rotatable bonds is 6. The van der Waals surface area contributed by atoms with Crippen LogP contribution in [0.1, 0.15) is 24.1 Å². The number of piperazine rings is 1. The number of benzene rings is 2. The van der Waals surface area contributed by atoms with Crippen LogP contribution in [0, 0.1) is 5.92 Å². The maximum atomic E-state index is 13.2. The summed E-state index contributed by atoms with van der Waals surface area (Å²) in [6.45, 7) is 3.36. The molecular formula is C26H29F3N4O5. The minimum atomic E-state index is -4.42. The SMILES string of the molecule is CCOC(=O)[C@H]1C(=O)NC(N2CCN(c3cccc(C(F)(F)F)c3)CC2)=N[C@@H]1c1ccc(OC)cc1OC. The van der Waals surface area contributed by atoms with Crippen LogP contribution in [0.25, 0.3) is 0 Å². The minimum Gasteiger partial charge on any atom is -0.497 e. The zero-order valence-corrected chi connectivity index (χ0v) is 21.2. The van der Waals surface area contributed by atoms with E-state index in [-0.39, 0.29) is 12.6 Å². The fourth-order valence-corrected chi connectivity index (χ4v) is 4.57. The van der Waals surface area contributed by atoms with E-state index in [4.69, 9.17) is 19.2 Å². The highest BCUT2D eigenvalue weighted by Gasteiger charge is 2.43. The monoisotopic (exact) mass is 534 g/mol. The molecule has 204 valence electrons. The molecule has 1 fully saturated rings. The largest absolute Gasteiger partial charge is 0.497 e. The molecule has 2 heterocycles. The van der Waals surface area contributed by atoms with Crippen molar-refractivity contribution in [2.75, 3.05) is 51.9 Å². The van der Waals surface area contributed by atoms with Crippen molar-refractivity contribution < 1.29 is 37.0 Å². The highest BCUT2D eigenvalue weighted by Crippen LogP contribution is 2.38. The summed E-state index contributed by atoms with van der Waals surface area (Å²) in [7, 11) is 2.98. The van der Waals surface area contributed by atoms with Gasteiger partial charge < -0.3 is 24.0 Å². The highest BCUT2D eigenvalue weighted by molar-refractivity contribution is 6.08. The maximum absolute atomic E-state index is 13.2. The lowest BCUT2D eigenvalue weighted by molar-refractivity contribution is -0.153. The smallest absolute Gasteiger partial charge is 0.416 e. The summed E-state index contributed by atoms with van der Waals surface area (Å²) in [6, 6.07) is 9.31. The molecule has 12 heteroatoms. The second kappa shape index (κ2) is 11.2. The number of carbonyl (C=O) groups excluding carboxylic acids is 2. The van der Waals surface area contributed by atoms with Gasteiger partial charge in [-0.2, -0.15) is 13.2 Å². The Kier molecular flexibility index (Phi) is 7.98. The Bertz CT molecular complexity index is 1210. The van der Waals surface area contributed by atoms with Crippen LogP contribution in [-0.4, -0.2) is 69.7 Å². The lowest BCUT2D eigenvalue weighted by Crippen LogP contribution is -2.57. The number of hydrogen-bond donors (Lipinski definition) is 1. The van der Waals surface area contributed by atoms with Crippen molar-refractivity contribution in [3.05, 3.63) is 53.6 Å².